The number of thiazole rings is 1. The van der Waals surface area contributed by atoms with Crippen molar-refractivity contribution in [1.82, 2.24) is 30.4 Å². The highest BCUT2D eigenvalue weighted by atomic mass is 32.1. The second kappa shape index (κ2) is 7.08. The smallest absolute Gasteiger partial charge is 0.193 e. The molecule has 0 amide bonds. The lowest BCUT2D eigenvalue weighted by atomic mass is 9.96. The molecular formula is C15H23N7S. The third kappa shape index (κ3) is 3.69. The summed E-state index contributed by atoms with van der Waals surface area (Å²) in [4.78, 5) is 16.8. The molecular weight excluding hydrogens is 310 g/mol. The van der Waals surface area contributed by atoms with Crippen LogP contribution in [0.4, 0.5) is 0 Å². The number of aliphatic imine (C=N–C) groups is 1. The first-order valence-corrected chi connectivity index (χ1v) is 8.72. The number of rotatable bonds is 3. The molecule has 0 radical (unpaired) electrons. The number of guanidine groups is 1. The normalized spacial score (nSPS) is 16.8. The van der Waals surface area contributed by atoms with E-state index in [-0.39, 0.29) is 0 Å². The minimum atomic E-state index is 0.471. The molecule has 0 saturated carbocycles. The quantitative estimate of drug-likeness (QED) is 0.661. The van der Waals surface area contributed by atoms with Crippen LogP contribution in [-0.2, 0) is 6.54 Å². The maximum atomic E-state index is 4.47. The number of piperidine rings is 1. The summed E-state index contributed by atoms with van der Waals surface area (Å²) in [5.41, 5.74) is 1.11. The highest BCUT2D eigenvalue weighted by molar-refractivity contribution is 7.11. The Morgan fingerprint density at radius 2 is 2.22 bits per heavy atom. The zero-order valence-corrected chi connectivity index (χ0v) is 14.7. The molecule has 1 fully saturated rings. The van der Waals surface area contributed by atoms with Gasteiger partial charge >= 0.3 is 0 Å². The van der Waals surface area contributed by atoms with Crippen LogP contribution in [0.3, 0.4) is 0 Å². The standard InChI is InChI=1S/C15H23N7S/c1-10-13(23-11(2)20-10)8-17-15(16-3)22-6-4-12(5-7-22)14-18-9-19-21-14/h9,12H,4-8H2,1-3H3,(H,16,17)(H,18,19,21). The number of hydrogen-bond acceptors (Lipinski definition) is 5. The van der Waals surface area contributed by atoms with E-state index in [0.717, 1.165) is 55.0 Å². The number of aromatic nitrogens is 4. The first-order chi connectivity index (χ1) is 11.2. The summed E-state index contributed by atoms with van der Waals surface area (Å²) in [6.07, 6.45) is 3.71. The molecule has 3 rings (SSSR count). The van der Waals surface area contributed by atoms with Crippen molar-refractivity contribution in [3.8, 4) is 0 Å². The molecule has 2 aromatic rings. The Bertz CT molecular complexity index is 653. The summed E-state index contributed by atoms with van der Waals surface area (Å²) >= 11 is 1.75. The fraction of sp³-hybridized carbons (Fsp3) is 0.600. The molecule has 0 aromatic carbocycles. The highest BCUT2D eigenvalue weighted by Crippen LogP contribution is 2.25. The van der Waals surface area contributed by atoms with Crippen molar-refractivity contribution in [2.75, 3.05) is 20.1 Å². The van der Waals surface area contributed by atoms with Gasteiger partial charge in [-0.1, -0.05) is 0 Å². The maximum absolute atomic E-state index is 4.47. The molecule has 2 N–H and O–H groups in total. The van der Waals surface area contributed by atoms with E-state index in [1.165, 1.54) is 4.88 Å². The lowest BCUT2D eigenvalue weighted by Gasteiger charge is -2.33. The van der Waals surface area contributed by atoms with Gasteiger partial charge in [-0.2, -0.15) is 5.10 Å². The van der Waals surface area contributed by atoms with Crippen LogP contribution in [0.15, 0.2) is 11.3 Å². The summed E-state index contributed by atoms with van der Waals surface area (Å²) in [6.45, 7) is 6.85. The van der Waals surface area contributed by atoms with Crippen LogP contribution in [0.1, 0.15) is 40.2 Å². The van der Waals surface area contributed by atoms with Gasteiger partial charge in [0, 0.05) is 30.9 Å². The van der Waals surface area contributed by atoms with Crippen molar-refractivity contribution in [2.24, 2.45) is 4.99 Å². The number of aryl methyl sites for hydroxylation is 2. The Morgan fingerprint density at radius 3 is 2.78 bits per heavy atom. The molecule has 1 saturated heterocycles. The van der Waals surface area contributed by atoms with Gasteiger partial charge in [0.05, 0.1) is 17.2 Å². The second-order valence-electron chi connectivity index (χ2n) is 5.77. The van der Waals surface area contributed by atoms with E-state index in [9.17, 15) is 0 Å². The molecule has 0 spiro atoms. The Morgan fingerprint density at radius 1 is 1.43 bits per heavy atom. The fourth-order valence-corrected chi connectivity index (χ4v) is 3.88. The topological polar surface area (TPSA) is 82.1 Å². The van der Waals surface area contributed by atoms with E-state index in [2.05, 4.69) is 42.3 Å². The van der Waals surface area contributed by atoms with E-state index in [1.54, 1.807) is 17.7 Å². The van der Waals surface area contributed by atoms with E-state index in [0.29, 0.717) is 5.92 Å². The summed E-state index contributed by atoms with van der Waals surface area (Å²) in [6, 6.07) is 0. The summed E-state index contributed by atoms with van der Waals surface area (Å²) in [5.74, 6) is 2.44. The van der Waals surface area contributed by atoms with Gasteiger partial charge in [-0.25, -0.2) is 9.97 Å². The van der Waals surface area contributed by atoms with Crippen molar-refractivity contribution in [3.63, 3.8) is 0 Å². The second-order valence-corrected chi connectivity index (χ2v) is 7.06. The summed E-state index contributed by atoms with van der Waals surface area (Å²) in [5, 5.41) is 11.5. The Kier molecular flexibility index (Phi) is 4.90. The summed E-state index contributed by atoms with van der Waals surface area (Å²) in [7, 11) is 1.84. The van der Waals surface area contributed by atoms with Crippen LogP contribution < -0.4 is 5.32 Å². The number of aromatic amines is 1. The van der Waals surface area contributed by atoms with Gasteiger partial charge in [-0.05, 0) is 26.7 Å². The average Bonchev–Trinajstić information content (AvgIpc) is 3.19. The zero-order valence-electron chi connectivity index (χ0n) is 13.8. The molecule has 124 valence electrons. The molecule has 2 aromatic heterocycles. The maximum Gasteiger partial charge on any atom is 0.193 e. The van der Waals surface area contributed by atoms with E-state index in [1.807, 2.05) is 14.0 Å². The van der Waals surface area contributed by atoms with Gasteiger partial charge in [0.15, 0.2) is 5.96 Å². The van der Waals surface area contributed by atoms with Gasteiger partial charge in [0.25, 0.3) is 0 Å². The molecule has 1 aliphatic heterocycles. The number of nitrogens with one attached hydrogen (secondary N) is 2. The molecule has 0 atom stereocenters. The zero-order chi connectivity index (χ0) is 16.2. The van der Waals surface area contributed by atoms with Crippen LogP contribution in [0, 0.1) is 13.8 Å². The third-order valence-electron chi connectivity index (χ3n) is 4.23. The number of H-pyrrole nitrogens is 1. The lowest BCUT2D eigenvalue weighted by Crippen LogP contribution is -2.45. The van der Waals surface area contributed by atoms with Crippen LogP contribution in [0.25, 0.3) is 0 Å². The van der Waals surface area contributed by atoms with E-state index in [4.69, 9.17) is 0 Å². The average molecular weight is 333 g/mol. The molecule has 0 bridgehead atoms. The van der Waals surface area contributed by atoms with E-state index >= 15 is 0 Å². The van der Waals surface area contributed by atoms with Crippen LogP contribution in [-0.4, -0.2) is 51.2 Å². The minimum Gasteiger partial charge on any atom is -0.351 e. The minimum absolute atomic E-state index is 0.471. The molecule has 0 aliphatic carbocycles. The first-order valence-electron chi connectivity index (χ1n) is 7.91. The number of hydrogen-bond donors (Lipinski definition) is 2. The van der Waals surface area contributed by atoms with Crippen LogP contribution in [0.5, 0.6) is 0 Å². The van der Waals surface area contributed by atoms with Gasteiger partial charge in [-0.15, -0.1) is 11.3 Å². The van der Waals surface area contributed by atoms with E-state index < -0.39 is 0 Å². The summed E-state index contributed by atoms with van der Waals surface area (Å²) < 4.78 is 0. The van der Waals surface area contributed by atoms with Gasteiger partial charge in [0.1, 0.15) is 12.2 Å². The van der Waals surface area contributed by atoms with Gasteiger partial charge in [-0.3, -0.25) is 10.1 Å². The Balaban J connectivity index is 1.54. The molecule has 23 heavy (non-hydrogen) atoms. The van der Waals surface area contributed by atoms with Gasteiger partial charge < -0.3 is 10.2 Å². The largest absolute Gasteiger partial charge is 0.351 e. The van der Waals surface area contributed by atoms with Gasteiger partial charge in [0.2, 0.25) is 0 Å². The number of likely N-dealkylation sites (tertiary alicyclic amines) is 1. The molecule has 0 unspecified atom stereocenters. The lowest BCUT2D eigenvalue weighted by molar-refractivity contribution is 0.299. The fourth-order valence-electron chi connectivity index (χ4n) is 3.01. The predicted molar refractivity (Wildman–Crippen MR) is 91.7 cm³/mol. The Hall–Kier alpha value is -1.96. The van der Waals surface area contributed by atoms with Crippen molar-refractivity contribution in [3.05, 3.63) is 27.7 Å². The van der Waals surface area contributed by atoms with Crippen LogP contribution >= 0.6 is 11.3 Å². The predicted octanol–water partition coefficient (Wildman–Crippen LogP) is 1.83. The van der Waals surface area contributed by atoms with Crippen molar-refractivity contribution < 1.29 is 0 Å². The molecule has 8 heteroatoms. The van der Waals surface area contributed by atoms with Crippen LogP contribution in [0.2, 0.25) is 0 Å². The SMILES string of the molecule is CN=C(NCc1sc(C)nc1C)N1CCC(c2ncn[nH]2)CC1. The highest BCUT2D eigenvalue weighted by Gasteiger charge is 2.24. The molecule has 1 aliphatic rings. The molecule has 3 heterocycles. The first kappa shape index (κ1) is 15.9. The molecule has 7 nitrogen and oxygen atoms in total. The van der Waals surface area contributed by atoms with Crippen molar-refractivity contribution in [1.29, 1.82) is 0 Å². The van der Waals surface area contributed by atoms with Crippen molar-refractivity contribution in [2.45, 2.75) is 39.2 Å². The number of nitrogens with zero attached hydrogens (tertiary/aromatic N) is 5. The third-order valence-corrected chi connectivity index (χ3v) is 5.31. The Labute approximate surface area is 140 Å². The monoisotopic (exact) mass is 333 g/mol. The van der Waals surface area contributed by atoms with Crippen molar-refractivity contribution >= 4 is 17.3 Å².